The van der Waals surface area contributed by atoms with Gasteiger partial charge in [0.25, 0.3) is 0 Å². The minimum absolute atomic E-state index is 0.0328. The van der Waals surface area contributed by atoms with Gasteiger partial charge in [-0.2, -0.15) is 0 Å². The molecule has 0 amide bonds. The highest BCUT2D eigenvalue weighted by molar-refractivity contribution is 6.34. The molecule has 0 saturated heterocycles. The third-order valence-electron chi connectivity index (χ3n) is 1.94. The van der Waals surface area contributed by atoms with Gasteiger partial charge in [0.2, 0.25) is 0 Å². The lowest BCUT2D eigenvalue weighted by Crippen LogP contribution is -2.13. The van der Waals surface area contributed by atoms with Crippen LogP contribution in [0.4, 0.5) is 5.69 Å². The van der Waals surface area contributed by atoms with E-state index in [1.165, 1.54) is 6.07 Å². The standard InChI is InChI=1S/C10H10Cl2N2O2/c1-5-2-3-6(12)8(10(15)16)9(5)14-7(13)4-11/h2-3H,4H2,1H3,(H2,13,14)(H,15,16). The Kier molecular flexibility index (Phi) is 4.15. The van der Waals surface area contributed by atoms with E-state index in [0.717, 1.165) is 0 Å². The van der Waals surface area contributed by atoms with Crippen molar-refractivity contribution in [3.63, 3.8) is 0 Å². The van der Waals surface area contributed by atoms with Crippen LogP contribution < -0.4 is 5.73 Å². The van der Waals surface area contributed by atoms with E-state index in [1.807, 2.05) is 0 Å². The number of nitrogens with two attached hydrogens (primary N) is 1. The lowest BCUT2D eigenvalue weighted by molar-refractivity contribution is 0.0698. The Labute approximate surface area is 103 Å². The van der Waals surface area contributed by atoms with Crippen LogP contribution in [-0.2, 0) is 0 Å². The minimum atomic E-state index is -1.14. The number of aryl methyl sites for hydroxylation is 1. The van der Waals surface area contributed by atoms with Gasteiger partial charge in [0.15, 0.2) is 0 Å². The summed E-state index contributed by atoms with van der Waals surface area (Å²) < 4.78 is 0. The second-order valence-electron chi connectivity index (χ2n) is 3.13. The van der Waals surface area contributed by atoms with Gasteiger partial charge < -0.3 is 10.8 Å². The quantitative estimate of drug-likeness (QED) is 0.498. The molecule has 0 bridgehead atoms. The van der Waals surface area contributed by atoms with E-state index < -0.39 is 5.97 Å². The third-order valence-corrected chi connectivity index (χ3v) is 2.52. The molecule has 0 aliphatic carbocycles. The first kappa shape index (κ1) is 12.8. The van der Waals surface area contributed by atoms with Gasteiger partial charge in [-0.25, -0.2) is 9.79 Å². The Bertz CT molecular complexity index is 458. The Hall–Kier alpha value is -1.26. The van der Waals surface area contributed by atoms with E-state index in [9.17, 15) is 4.79 Å². The summed E-state index contributed by atoms with van der Waals surface area (Å²) in [5.74, 6) is -0.963. The molecule has 0 heterocycles. The molecule has 6 heteroatoms. The van der Waals surface area contributed by atoms with Crippen LogP contribution in [0.1, 0.15) is 15.9 Å². The van der Waals surface area contributed by atoms with Crippen LogP contribution in [0.2, 0.25) is 5.02 Å². The van der Waals surface area contributed by atoms with Crippen LogP contribution in [0, 0.1) is 6.92 Å². The van der Waals surface area contributed by atoms with Crippen molar-refractivity contribution in [1.82, 2.24) is 0 Å². The maximum absolute atomic E-state index is 11.0. The van der Waals surface area contributed by atoms with Gasteiger partial charge in [-0.15, -0.1) is 11.6 Å². The van der Waals surface area contributed by atoms with Crippen molar-refractivity contribution in [3.8, 4) is 0 Å². The topological polar surface area (TPSA) is 75.7 Å². The summed E-state index contributed by atoms with van der Waals surface area (Å²) in [6, 6.07) is 3.19. The normalized spacial score (nSPS) is 11.6. The molecule has 0 unspecified atom stereocenters. The molecule has 0 fully saturated rings. The number of alkyl halides is 1. The van der Waals surface area contributed by atoms with E-state index in [0.29, 0.717) is 5.56 Å². The molecule has 3 N–H and O–H groups in total. The number of carbonyl (C=O) groups is 1. The second-order valence-corrected chi connectivity index (χ2v) is 3.80. The summed E-state index contributed by atoms with van der Waals surface area (Å²) in [4.78, 5) is 15.0. The number of hydrogen-bond donors (Lipinski definition) is 2. The van der Waals surface area contributed by atoms with Crippen molar-refractivity contribution in [1.29, 1.82) is 0 Å². The average Bonchev–Trinajstić information content (AvgIpc) is 2.22. The SMILES string of the molecule is Cc1ccc(Cl)c(C(=O)O)c1N=C(N)CCl. The highest BCUT2D eigenvalue weighted by atomic mass is 35.5. The molecule has 4 nitrogen and oxygen atoms in total. The number of halogens is 2. The van der Waals surface area contributed by atoms with Crippen molar-refractivity contribution >= 4 is 40.7 Å². The van der Waals surface area contributed by atoms with Crippen molar-refractivity contribution in [2.45, 2.75) is 6.92 Å². The average molecular weight is 261 g/mol. The number of rotatable bonds is 3. The van der Waals surface area contributed by atoms with E-state index in [4.69, 9.17) is 34.0 Å². The highest BCUT2D eigenvalue weighted by Crippen LogP contribution is 2.30. The molecule has 1 rings (SSSR count). The van der Waals surface area contributed by atoms with Gasteiger partial charge in [-0.1, -0.05) is 17.7 Å². The van der Waals surface area contributed by atoms with Crippen LogP contribution in [0.15, 0.2) is 17.1 Å². The van der Waals surface area contributed by atoms with E-state index >= 15 is 0 Å². The van der Waals surface area contributed by atoms with Crippen LogP contribution >= 0.6 is 23.2 Å². The molecule has 0 saturated carbocycles. The predicted molar refractivity (Wildman–Crippen MR) is 65.2 cm³/mol. The summed E-state index contributed by atoms with van der Waals surface area (Å²) >= 11 is 11.3. The number of carboxylic acids is 1. The van der Waals surface area contributed by atoms with Crippen molar-refractivity contribution in [2.75, 3.05) is 5.88 Å². The molecule has 0 aromatic heterocycles. The fraction of sp³-hybridized carbons (Fsp3) is 0.200. The Balaban J connectivity index is 3.46. The summed E-state index contributed by atoms with van der Waals surface area (Å²) in [7, 11) is 0. The van der Waals surface area contributed by atoms with Crippen LogP contribution in [0.5, 0.6) is 0 Å². The number of carboxylic acid groups (broad SMARTS) is 1. The number of nitrogens with zero attached hydrogens (tertiary/aromatic N) is 1. The van der Waals surface area contributed by atoms with Crippen molar-refractivity contribution in [3.05, 3.63) is 28.3 Å². The zero-order valence-electron chi connectivity index (χ0n) is 8.50. The lowest BCUT2D eigenvalue weighted by atomic mass is 10.1. The van der Waals surface area contributed by atoms with Gasteiger partial charge in [-0.3, -0.25) is 0 Å². The Morgan fingerprint density at radius 2 is 2.19 bits per heavy atom. The number of amidine groups is 1. The molecule has 0 radical (unpaired) electrons. The molecule has 0 aliphatic rings. The van der Waals surface area contributed by atoms with E-state index in [2.05, 4.69) is 4.99 Å². The number of aromatic carboxylic acids is 1. The Morgan fingerprint density at radius 3 is 2.69 bits per heavy atom. The maximum atomic E-state index is 11.0. The Morgan fingerprint density at radius 1 is 1.56 bits per heavy atom. The molecule has 0 aliphatic heterocycles. The van der Waals surface area contributed by atoms with Crippen LogP contribution in [0.25, 0.3) is 0 Å². The fourth-order valence-electron chi connectivity index (χ4n) is 1.19. The molecular formula is C10H10Cl2N2O2. The molecular weight excluding hydrogens is 251 g/mol. The number of hydrogen-bond acceptors (Lipinski definition) is 2. The molecule has 0 atom stereocenters. The first-order valence-corrected chi connectivity index (χ1v) is 5.30. The minimum Gasteiger partial charge on any atom is -0.478 e. The molecule has 0 spiro atoms. The van der Waals surface area contributed by atoms with Gasteiger partial charge in [0, 0.05) is 0 Å². The van der Waals surface area contributed by atoms with Gasteiger partial charge in [0.1, 0.15) is 11.4 Å². The molecule has 86 valence electrons. The zero-order valence-corrected chi connectivity index (χ0v) is 10.0. The van der Waals surface area contributed by atoms with E-state index in [1.54, 1.807) is 13.0 Å². The molecule has 1 aromatic carbocycles. The fourth-order valence-corrected chi connectivity index (χ4v) is 1.48. The highest BCUT2D eigenvalue weighted by Gasteiger charge is 2.16. The first-order valence-electron chi connectivity index (χ1n) is 4.38. The third kappa shape index (κ3) is 2.65. The maximum Gasteiger partial charge on any atom is 0.339 e. The summed E-state index contributed by atoms with van der Waals surface area (Å²) in [6.45, 7) is 1.73. The molecule has 16 heavy (non-hydrogen) atoms. The molecule has 1 aromatic rings. The van der Waals surface area contributed by atoms with Crippen molar-refractivity contribution in [2.24, 2.45) is 10.7 Å². The largest absolute Gasteiger partial charge is 0.478 e. The summed E-state index contributed by atoms with van der Waals surface area (Å²) in [6.07, 6.45) is 0. The number of benzene rings is 1. The smallest absolute Gasteiger partial charge is 0.339 e. The summed E-state index contributed by atoms with van der Waals surface area (Å²) in [5.41, 5.74) is 6.34. The predicted octanol–water partition coefficient (Wildman–Crippen LogP) is 2.57. The lowest BCUT2D eigenvalue weighted by Gasteiger charge is -2.07. The number of aliphatic imine (C=N–C) groups is 1. The summed E-state index contributed by atoms with van der Waals surface area (Å²) in [5, 5.41) is 9.15. The van der Waals surface area contributed by atoms with Crippen LogP contribution in [0.3, 0.4) is 0 Å². The monoisotopic (exact) mass is 260 g/mol. The van der Waals surface area contributed by atoms with E-state index in [-0.39, 0.29) is 28.0 Å². The first-order chi connectivity index (χ1) is 7.47. The van der Waals surface area contributed by atoms with Crippen LogP contribution in [-0.4, -0.2) is 22.8 Å². The van der Waals surface area contributed by atoms with Gasteiger partial charge >= 0.3 is 5.97 Å². The van der Waals surface area contributed by atoms with Gasteiger partial charge in [0.05, 0.1) is 16.6 Å². The zero-order chi connectivity index (χ0) is 12.3. The van der Waals surface area contributed by atoms with Crippen molar-refractivity contribution < 1.29 is 9.90 Å². The second kappa shape index (κ2) is 5.18. The van der Waals surface area contributed by atoms with Gasteiger partial charge in [-0.05, 0) is 18.6 Å².